The number of nitrogens with zero attached hydrogens (tertiary/aromatic N) is 1. The maximum absolute atomic E-state index is 12.5. The summed E-state index contributed by atoms with van der Waals surface area (Å²) >= 11 is 0. The van der Waals surface area contributed by atoms with Gasteiger partial charge in [0, 0.05) is 13.1 Å². The lowest BCUT2D eigenvalue weighted by Gasteiger charge is -2.23. The molecule has 2 aromatic rings. The number of hydrogen-bond acceptors (Lipinski definition) is 5. The first kappa shape index (κ1) is 35.9. The minimum atomic E-state index is -3.83. The first-order valence-electron chi connectivity index (χ1n) is 15.6. The molecule has 0 heterocycles. The Morgan fingerprint density at radius 3 is 1.27 bits per heavy atom. The van der Waals surface area contributed by atoms with Crippen LogP contribution in [0.3, 0.4) is 0 Å². The highest BCUT2D eigenvalue weighted by molar-refractivity contribution is 7.61. The minimum Gasteiger partial charge on any atom is -0.321 e. The Balaban J connectivity index is 1.69. The Hall–Kier alpha value is -1.30. The maximum Gasteiger partial charge on any atom is 0.358 e. The topological polar surface area (TPSA) is 96.3 Å². The van der Waals surface area contributed by atoms with Gasteiger partial charge >= 0.3 is 15.2 Å². The van der Waals surface area contributed by atoms with Gasteiger partial charge in [0.15, 0.2) is 0 Å². The van der Waals surface area contributed by atoms with Gasteiger partial charge in [-0.2, -0.15) is 0 Å². The summed E-state index contributed by atoms with van der Waals surface area (Å²) in [5.74, 6) is 0. The summed E-state index contributed by atoms with van der Waals surface area (Å²) in [6.07, 6.45) is 16.9. The number of benzene rings is 2. The van der Waals surface area contributed by atoms with Crippen LogP contribution in [0.15, 0.2) is 60.7 Å². The molecule has 2 unspecified atom stereocenters. The van der Waals surface area contributed by atoms with Crippen LogP contribution in [0.5, 0.6) is 0 Å². The molecule has 7 nitrogen and oxygen atoms in total. The standard InChI is InChI=1S/C32H53NO6P2/c1-2-3-4-5-6-7-8-9-10-11-12-19-26-33(27-20-29-38-40(34,35)31-22-15-13-16-23-31)28-21-30-39-41(36,37)32-24-17-14-18-25-32/h13-18,22-25H,2-12,19-21,26-30H2,1H3,(H,34,35)(H,36,37). The van der Waals surface area contributed by atoms with Gasteiger partial charge < -0.3 is 23.7 Å². The maximum atomic E-state index is 12.5. The van der Waals surface area contributed by atoms with E-state index >= 15 is 0 Å². The Kier molecular flexibility index (Phi) is 18.7. The normalized spacial score (nSPS) is 14.6. The monoisotopic (exact) mass is 609 g/mol. The molecule has 232 valence electrons. The molecular weight excluding hydrogens is 556 g/mol. The van der Waals surface area contributed by atoms with Crippen LogP contribution in [0.25, 0.3) is 0 Å². The van der Waals surface area contributed by atoms with E-state index in [4.69, 9.17) is 9.05 Å². The number of unbranched alkanes of at least 4 members (excludes halogenated alkanes) is 11. The van der Waals surface area contributed by atoms with E-state index < -0.39 is 15.2 Å². The second-order valence-corrected chi connectivity index (χ2v) is 14.4. The SMILES string of the molecule is CCCCCCCCCCCCCCN(CCCOP(=O)(O)c1ccccc1)CCCOP(=O)(O)c1ccccc1. The second-order valence-electron chi connectivity index (χ2n) is 10.8. The van der Waals surface area contributed by atoms with Gasteiger partial charge in [-0.05, 0) is 50.1 Å². The molecule has 0 aliphatic rings. The van der Waals surface area contributed by atoms with E-state index in [0.717, 1.165) is 26.1 Å². The van der Waals surface area contributed by atoms with Crippen molar-refractivity contribution in [3.63, 3.8) is 0 Å². The highest BCUT2D eigenvalue weighted by atomic mass is 31.2. The fourth-order valence-corrected chi connectivity index (χ4v) is 7.00. The van der Waals surface area contributed by atoms with Gasteiger partial charge in [0.25, 0.3) is 0 Å². The highest BCUT2D eigenvalue weighted by Gasteiger charge is 2.23. The lowest BCUT2D eigenvalue weighted by molar-refractivity contribution is 0.199. The lowest BCUT2D eigenvalue weighted by atomic mass is 10.1. The third kappa shape index (κ3) is 16.2. The van der Waals surface area contributed by atoms with Crippen LogP contribution in [0, 0.1) is 0 Å². The molecule has 0 aromatic heterocycles. The third-order valence-electron chi connectivity index (χ3n) is 7.26. The van der Waals surface area contributed by atoms with E-state index in [1.54, 1.807) is 60.7 Å². The lowest BCUT2D eigenvalue weighted by Crippen LogP contribution is -2.29. The van der Waals surface area contributed by atoms with Gasteiger partial charge in [-0.15, -0.1) is 0 Å². The van der Waals surface area contributed by atoms with Crippen molar-refractivity contribution in [2.45, 2.75) is 96.8 Å². The van der Waals surface area contributed by atoms with Crippen LogP contribution >= 0.6 is 15.2 Å². The average molecular weight is 610 g/mol. The van der Waals surface area contributed by atoms with Crippen molar-refractivity contribution in [1.29, 1.82) is 0 Å². The second kappa shape index (κ2) is 21.4. The zero-order chi connectivity index (χ0) is 29.7. The van der Waals surface area contributed by atoms with Crippen molar-refractivity contribution in [3.8, 4) is 0 Å². The summed E-state index contributed by atoms with van der Waals surface area (Å²) in [6.45, 7) is 5.00. The predicted octanol–water partition coefficient (Wildman–Crippen LogP) is 7.82. The van der Waals surface area contributed by atoms with Gasteiger partial charge in [0.2, 0.25) is 0 Å². The molecule has 9 heteroatoms. The van der Waals surface area contributed by atoms with Crippen molar-refractivity contribution in [2.24, 2.45) is 0 Å². The van der Waals surface area contributed by atoms with Gasteiger partial charge in [-0.3, -0.25) is 9.13 Å². The molecule has 0 aliphatic carbocycles. The van der Waals surface area contributed by atoms with Crippen LogP contribution in [0.4, 0.5) is 0 Å². The van der Waals surface area contributed by atoms with E-state index in [-0.39, 0.29) is 13.2 Å². The fourth-order valence-electron chi connectivity index (χ4n) is 4.85. The van der Waals surface area contributed by atoms with Crippen LogP contribution in [-0.4, -0.2) is 47.5 Å². The molecule has 0 bridgehead atoms. The van der Waals surface area contributed by atoms with Crippen LogP contribution in [0.2, 0.25) is 0 Å². The Labute approximate surface area is 248 Å². The van der Waals surface area contributed by atoms with Crippen molar-refractivity contribution in [1.82, 2.24) is 4.90 Å². The minimum absolute atomic E-state index is 0.188. The van der Waals surface area contributed by atoms with E-state index in [0.29, 0.717) is 23.5 Å². The summed E-state index contributed by atoms with van der Waals surface area (Å²) in [5.41, 5.74) is 0. The van der Waals surface area contributed by atoms with E-state index in [2.05, 4.69) is 11.8 Å². The summed E-state index contributed by atoms with van der Waals surface area (Å²) in [4.78, 5) is 22.9. The molecule has 2 atom stereocenters. The van der Waals surface area contributed by atoms with Crippen LogP contribution < -0.4 is 10.6 Å². The van der Waals surface area contributed by atoms with Gasteiger partial charge in [-0.1, -0.05) is 114 Å². The largest absolute Gasteiger partial charge is 0.358 e. The molecule has 2 N–H and O–H groups in total. The molecule has 0 saturated heterocycles. The highest BCUT2D eigenvalue weighted by Crippen LogP contribution is 2.41. The first-order chi connectivity index (χ1) is 19.8. The van der Waals surface area contributed by atoms with Crippen LogP contribution in [0.1, 0.15) is 96.8 Å². The third-order valence-corrected chi connectivity index (χ3v) is 10.2. The van der Waals surface area contributed by atoms with Gasteiger partial charge in [-0.25, -0.2) is 0 Å². The van der Waals surface area contributed by atoms with Crippen molar-refractivity contribution >= 4 is 25.8 Å². The average Bonchev–Trinajstić information content (AvgIpc) is 2.98. The molecule has 2 rings (SSSR count). The molecule has 0 amide bonds. The molecule has 0 fully saturated rings. The zero-order valence-electron chi connectivity index (χ0n) is 25.1. The first-order valence-corrected chi connectivity index (χ1v) is 18.8. The Morgan fingerprint density at radius 2 is 0.878 bits per heavy atom. The quantitative estimate of drug-likeness (QED) is 0.0875. The van der Waals surface area contributed by atoms with Crippen molar-refractivity contribution in [2.75, 3.05) is 32.8 Å². The smallest absolute Gasteiger partial charge is 0.321 e. The van der Waals surface area contributed by atoms with Gasteiger partial charge in [0.1, 0.15) is 0 Å². The van der Waals surface area contributed by atoms with E-state index in [1.165, 1.54) is 70.6 Å². The Morgan fingerprint density at radius 1 is 0.537 bits per heavy atom. The number of rotatable bonds is 25. The fraction of sp³-hybridized carbons (Fsp3) is 0.625. The summed E-state index contributed by atoms with van der Waals surface area (Å²) < 4.78 is 35.8. The molecule has 0 aliphatic heterocycles. The summed E-state index contributed by atoms with van der Waals surface area (Å²) in [5, 5.41) is 0.606. The number of hydrogen-bond donors (Lipinski definition) is 2. The van der Waals surface area contributed by atoms with E-state index in [1.807, 2.05) is 0 Å². The molecule has 0 spiro atoms. The van der Waals surface area contributed by atoms with Crippen molar-refractivity contribution in [3.05, 3.63) is 60.7 Å². The molecule has 0 saturated carbocycles. The molecule has 41 heavy (non-hydrogen) atoms. The zero-order valence-corrected chi connectivity index (χ0v) is 26.9. The van der Waals surface area contributed by atoms with Crippen molar-refractivity contribution < 1.29 is 28.0 Å². The summed E-state index contributed by atoms with van der Waals surface area (Å²) in [7, 11) is -7.65. The predicted molar refractivity (Wildman–Crippen MR) is 170 cm³/mol. The van der Waals surface area contributed by atoms with E-state index in [9.17, 15) is 18.9 Å². The molecule has 0 radical (unpaired) electrons. The molecular formula is C32H53NO6P2. The Bertz CT molecular complexity index is 940. The van der Waals surface area contributed by atoms with Gasteiger partial charge in [0.05, 0.1) is 23.8 Å². The summed E-state index contributed by atoms with van der Waals surface area (Å²) in [6, 6.07) is 16.9. The molecule has 2 aromatic carbocycles. The van der Waals surface area contributed by atoms with Crippen LogP contribution in [-0.2, 0) is 18.2 Å².